The van der Waals surface area contributed by atoms with Crippen LogP contribution >= 0.6 is 0 Å². The number of likely N-dealkylation sites (tertiary alicyclic amines) is 1. The first-order valence-electron chi connectivity index (χ1n) is 6.93. The van der Waals surface area contributed by atoms with Crippen LogP contribution in [0.15, 0.2) is 18.2 Å². The second-order valence-corrected chi connectivity index (χ2v) is 5.37. The molecular weight excluding hydrogens is 222 g/mol. The minimum absolute atomic E-state index is 0.680. The first-order chi connectivity index (χ1) is 8.61. The highest BCUT2D eigenvalue weighted by molar-refractivity contribution is 5.68. The van der Waals surface area contributed by atoms with E-state index in [1.807, 2.05) is 6.07 Å². The Morgan fingerprint density at radius 1 is 1.44 bits per heavy atom. The van der Waals surface area contributed by atoms with Gasteiger partial charge in [0.25, 0.3) is 0 Å². The van der Waals surface area contributed by atoms with E-state index in [1.54, 1.807) is 0 Å². The number of hydrogen-bond donors (Lipinski definition) is 1. The summed E-state index contributed by atoms with van der Waals surface area (Å²) in [6, 6.07) is 6.94. The summed E-state index contributed by atoms with van der Waals surface area (Å²) in [6.45, 7) is 7.84. The lowest BCUT2D eigenvalue weighted by molar-refractivity contribution is 0.270. The number of nitrogens with zero attached hydrogens (tertiary/aromatic N) is 2. The molecule has 2 N–H and O–H groups in total. The van der Waals surface area contributed by atoms with Gasteiger partial charge in [0.05, 0.1) is 11.4 Å². The molecule has 1 fully saturated rings. The average molecular weight is 247 g/mol. The summed E-state index contributed by atoms with van der Waals surface area (Å²) in [5.74, 6) is 0. The largest absolute Gasteiger partial charge is 0.397 e. The standard InChI is InChI=1S/C15H25N3/c1-4-18-9-5-6-13(18)11-17(3)15-10-12(2)7-8-14(15)16/h7-8,10,13H,4-6,9,11,16H2,1-3H3. The molecule has 1 heterocycles. The van der Waals surface area contributed by atoms with Crippen molar-refractivity contribution in [3.63, 3.8) is 0 Å². The molecule has 3 nitrogen and oxygen atoms in total. The van der Waals surface area contributed by atoms with Crippen LogP contribution in [0.25, 0.3) is 0 Å². The van der Waals surface area contributed by atoms with Crippen molar-refractivity contribution in [3.05, 3.63) is 23.8 Å². The van der Waals surface area contributed by atoms with Crippen LogP contribution < -0.4 is 10.6 Å². The van der Waals surface area contributed by atoms with Crippen LogP contribution in [0.5, 0.6) is 0 Å². The van der Waals surface area contributed by atoms with E-state index in [9.17, 15) is 0 Å². The quantitative estimate of drug-likeness (QED) is 0.830. The maximum absolute atomic E-state index is 6.08. The van der Waals surface area contributed by atoms with E-state index in [0.29, 0.717) is 6.04 Å². The van der Waals surface area contributed by atoms with Crippen molar-refractivity contribution in [2.45, 2.75) is 32.7 Å². The third kappa shape index (κ3) is 2.78. The predicted octanol–water partition coefficient (Wildman–Crippen LogP) is 2.50. The zero-order chi connectivity index (χ0) is 13.1. The lowest BCUT2D eigenvalue weighted by Crippen LogP contribution is -2.38. The van der Waals surface area contributed by atoms with Gasteiger partial charge < -0.3 is 10.6 Å². The van der Waals surface area contributed by atoms with E-state index in [-0.39, 0.29) is 0 Å². The zero-order valence-corrected chi connectivity index (χ0v) is 11.8. The molecule has 0 aromatic heterocycles. The monoisotopic (exact) mass is 247 g/mol. The molecule has 0 saturated carbocycles. The van der Waals surface area contributed by atoms with Gasteiger partial charge in [-0.1, -0.05) is 13.0 Å². The number of hydrogen-bond acceptors (Lipinski definition) is 3. The van der Waals surface area contributed by atoms with Crippen LogP contribution in [-0.4, -0.2) is 37.6 Å². The molecule has 0 bridgehead atoms. The van der Waals surface area contributed by atoms with Gasteiger partial charge in [0.15, 0.2) is 0 Å². The second kappa shape index (κ2) is 5.61. The maximum atomic E-state index is 6.08. The molecule has 100 valence electrons. The topological polar surface area (TPSA) is 32.5 Å². The van der Waals surface area contributed by atoms with E-state index in [0.717, 1.165) is 24.5 Å². The van der Waals surface area contributed by atoms with E-state index >= 15 is 0 Å². The Kier molecular flexibility index (Phi) is 4.12. The average Bonchev–Trinajstić information content (AvgIpc) is 2.79. The number of likely N-dealkylation sites (N-methyl/N-ethyl adjacent to an activating group) is 2. The smallest absolute Gasteiger partial charge is 0.0600 e. The highest BCUT2D eigenvalue weighted by Crippen LogP contribution is 2.25. The zero-order valence-electron chi connectivity index (χ0n) is 11.8. The van der Waals surface area contributed by atoms with Gasteiger partial charge in [0.1, 0.15) is 0 Å². The van der Waals surface area contributed by atoms with Crippen LogP contribution in [-0.2, 0) is 0 Å². The number of anilines is 2. The van der Waals surface area contributed by atoms with Crippen LogP contribution in [0.4, 0.5) is 11.4 Å². The Hall–Kier alpha value is -1.22. The first kappa shape index (κ1) is 13.2. The molecule has 1 aliphatic rings. The van der Waals surface area contributed by atoms with Crippen molar-refractivity contribution in [1.82, 2.24) is 4.90 Å². The summed E-state index contributed by atoms with van der Waals surface area (Å²) in [5.41, 5.74) is 9.39. The van der Waals surface area contributed by atoms with Crippen molar-refractivity contribution < 1.29 is 0 Å². The fourth-order valence-electron chi connectivity index (χ4n) is 2.92. The van der Waals surface area contributed by atoms with Gasteiger partial charge in [-0.05, 0) is 50.6 Å². The molecular formula is C15H25N3. The highest BCUT2D eigenvalue weighted by Gasteiger charge is 2.24. The summed E-state index contributed by atoms with van der Waals surface area (Å²) >= 11 is 0. The summed E-state index contributed by atoms with van der Waals surface area (Å²) in [5, 5.41) is 0. The molecule has 0 aliphatic carbocycles. The molecule has 1 aliphatic heterocycles. The van der Waals surface area contributed by atoms with Crippen LogP contribution in [0.2, 0.25) is 0 Å². The van der Waals surface area contributed by atoms with E-state index in [2.05, 4.69) is 42.8 Å². The van der Waals surface area contributed by atoms with E-state index in [4.69, 9.17) is 5.73 Å². The summed E-state index contributed by atoms with van der Waals surface area (Å²) in [6.07, 6.45) is 2.64. The fraction of sp³-hybridized carbons (Fsp3) is 0.600. The maximum Gasteiger partial charge on any atom is 0.0600 e. The molecule has 1 atom stereocenters. The molecule has 0 radical (unpaired) electrons. The fourth-order valence-corrected chi connectivity index (χ4v) is 2.92. The van der Waals surface area contributed by atoms with Gasteiger partial charge >= 0.3 is 0 Å². The molecule has 1 unspecified atom stereocenters. The van der Waals surface area contributed by atoms with E-state index in [1.165, 1.54) is 24.9 Å². The highest BCUT2D eigenvalue weighted by atomic mass is 15.2. The van der Waals surface area contributed by atoms with Gasteiger partial charge in [0, 0.05) is 19.6 Å². The van der Waals surface area contributed by atoms with Crippen molar-refractivity contribution in [2.75, 3.05) is 37.3 Å². The first-order valence-corrected chi connectivity index (χ1v) is 6.93. The number of nitrogen functional groups attached to an aromatic ring is 1. The van der Waals surface area contributed by atoms with Crippen molar-refractivity contribution >= 4 is 11.4 Å². The molecule has 2 rings (SSSR count). The van der Waals surface area contributed by atoms with Gasteiger partial charge in [-0.3, -0.25) is 4.90 Å². The van der Waals surface area contributed by atoms with E-state index < -0.39 is 0 Å². The Balaban J connectivity index is 2.07. The molecule has 1 saturated heterocycles. The van der Waals surface area contributed by atoms with Gasteiger partial charge in [-0.2, -0.15) is 0 Å². The SMILES string of the molecule is CCN1CCCC1CN(C)c1cc(C)ccc1N. The third-order valence-electron chi connectivity index (χ3n) is 3.99. The second-order valence-electron chi connectivity index (χ2n) is 5.37. The van der Waals surface area contributed by atoms with Gasteiger partial charge in [-0.25, -0.2) is 0 Å². The summed E-state index contributed by atoms with van der Waals surface area (Å²) in [4.78, 5) is 4.88. The van der Waals surface area contributed by atoms with Crippen LogP contribution in [0, 0.1) is 6.92 Å². The Morgan fingerprint density at radius 3 is 2.94 bits per heavy atom. The Bertz CT molecular complexity index is 403. The summed E-state index contributed by atoms with van der Waals surface area (Å²) < 4.78 is 0. The molecule has 1 aromatic rings. The minimum Gasteiger partial charge on any atom is -0.397 e. The number of rotatable bonds is 4. The Labute approximate surface area is 111 Å². The molecule has 0 amide bonds. The predicted molar refractivity (Wildman–Crippen MR) is 79.1 cm³/mol. The van der Waals surface area contributed by atoms with Crippen molar-refractivity contribution in [3.8, 4) is 0 Å². The number of nitrogens with two attached hydrogens (primary N) is 1. The Morgan fingerprint density at radius 2 is 2.22 bits per heavy atom. The van der Waals surface area contributed by atoms with Crippen LogP contribution in [0.1, 0.15) is 25.3 Å². The number of aryl methyl sites for hydroxylation is 1. The third-order valence-corrected chi connectivity index (χ3v) is 3.99. The number of benzene rings is 1. The lowest BCUT2D eigenvalue weighted by Gasteiger charge is -2.29. The normalized spacial score (nSPS) is 20.3. The molecule has 3 heteroatoms. The molecule has 0 spiro atoms. The van der Waals surface area contributed by atoms with Crippen LogP contribution in [0.3, 0.4) is 0 Å². The van der Waals surface area contributed by atoms with Crippen molar-refractivity contribution in [1.29, 1.82) is 0 Å². The molecule has 18 heavy (non-hydrogen) atoms. The minimum atomic E-state index is 0.680. The van der Waals surface area contributed by atoms with Gasteiger partial charge in [-0.15, -0.1) is 0 Å². The summed E-state index contributed by atoms with van der Waals surface area (Å²) in [7, 11) is 2.15. The van der Waals surface area contributed by atoms with Gasteiger partial charge in [0.2, 0.25) is 0 Å². The van der Waals surface area contributed by atoms with Crippen molar-refractivity contribution in [2.24, 2.45) is 0 Å². The molecule has 1 aromatic carbocycles. The lowest BCUT2D eigenvalue weighted by atomic mass is 10.1.